The number of anilines is 2. The zero-order valence-electron chi connectivity index (χ0n) is 17.0. The van der Waals surface area contributed by atoms with E-state index in [1.807, 2.05) is 36.4 Å². The van der Waals surface area contributed by atoms with Crippen LogP contribution in [0.2, 0.25) is 0 Å². The molecule has 1 N–H and O–H groups in total. The van der Waals surface area contributed by atoms with Crippen molar-refractivity contribution >= 4 is 17.3 Å². The molecule has 0 spiro atoms. The lowest BCUT2D eigenvalue weighted by molar-refractivity contribution is -0.0229. The fraction of sp³-hybridized carbons (Fsp3) is 0.208. The summed E-state index contributed by atoms with van der Waals surface area (Å²) in [6, 6.07) is 18.3. The smallest absolute Gasteiger partial charge is 0.256 e. The molecule has 3 aromatic rings. The first-order valence-corrected chi connectivity index (χ1v) is 9.91. The molecule has 160 valence electrons. The zero-order chi connectivity index (χ0) is 21.8. The maximum atomic E-state index is 13.6. The highest BCUT2D eigenvalue weighted by Crippen LogP contribution is 2.28. The monoisotopic (exact) mass is 424 g/mol. The summed E-state index contributed by atoms with van der Waals surface area (Å²) in [6.45, 7) is 0.963. The summed E-state index contributed by atoms with van der Waals surface area (Å²) in [6.07, 6.45) is -0.522. The van der Waals surface area contributed by atoms with Crippen LogP contribution in [-0.2, 0) is 4.74 Å². The maximum absolute atomic E-state index is 13.6. The predicted molar refractivity (Wildman–Crippen MR) is 114 cm³/mol. The zero-order valence-corrected chi connectivity index (χ0v) is 17.0. The Labute approximate surface area is 179 Å². The molecule has 1 heterocycles. The lowest BCUT2D eigenvalue weighted by Gasteiger charge is -2.33. The van der Waals surface area contributed by atoms with Crippen LogP contribution >= 0.6 is 0 Å². The van der Waals surface area contributed by atoms with E-state index in [-0.39, 0.29) is 12.5 Å². The number of nitrogens with one attached hydrogen (secondary N) is 1. The number of halogens is 2. The van der Waals surface area contributed by atoms with Crippen molar-refractivity contribution in [3.63, 3.8) is 0 Å². The van der Waals surface area contributed by atoms with Gasteiger partial charge in [-0.15, -0.1) is 0 Å². The number of carbonyl (C=O) groups excluding carboxylic acids is 1. The van der Waals surface area contributed by atoms with Crippen LogP contribution in [0.15, 0.2) is 66.7 Å². The van der Waals surface area contributed by atoms with Gasteiger partial charge in [-0.1, -0.05) is 24.3 Å². The van der Waals surface area contributed by atoms with Crippen molar-refractivity contribution in [2.45, 2.75) is 6.10 Å². The number of rotatable bonds is 5. The first-order valence-electron chi connectivity index (χ1n) is 9.91. The van der Waals surface area contributed by atoms with Crippen LogP contribution in [0.3, 0.4) is 0 Å². The van der Waals surface area contributed by atoms with E-state index in [0.29, 0.717) is 35.7 Å². The number of ether oxygens (including phenoxy) is 2. The minimum Gasteiger partial charge on any atom is -0.497 e. The Morgan fingerprint density at radius 2 is 1.90 bits per heavy atom. The molecule has 1 fully saturated rings. The number of hydrogen-bond donors (Lipinski definition) is 1. The van der Waals surface area contributed by atoms with Gasteiger partial charge in [-0.3, -0.25) is 4.79 Å². The van der Waals surface area contributed by atoms with E-state index in [4.69, 9.17) is 9.47 Å². The summed E-state index contributed by atoms with van der Waals surface area (Å²) in [4.78, 5) is 15.0. The van der Waals surface area contributed by atoms with Gasteiger partial charge in [-0.05, 0) is 42.0 Å². The standard InChI is InChI=1S/C24H22F2N2O3/c1-30-18-6-4-5-17(14-18)27-22-8-3-2-7-19(22)24(29)28-11-12-31-23(15-28)16-9-10-20(25)21(26)13-16/h2-10,13-14,23,27H,11-12,15H2,1H3/t23-/m1/s1. The van der Waals surface area contributed by atoms with Crippen LogP contribution in [0, 0.1) is 11.6 Å². The quantitative estimate of drug-likeness (QED) is 0.631. The Morgan fingerprint density at radius 3 is 2.71 bits per heavy atom. The SMILES string of the molecule is COc1cccc(Nc2ccccc2C(=O)N2CCO[C@@H](c3ccc(F)c(F)c3)C2)c1. The molecular weight excluding hydrogens is 402 g/mol. The fourth-order valence-corrected chi connectivity index (χ4v) is 3.55. The Morgan fingerprint density at radius 1 is 1.06 bits per heavy atom. The van der Waals surface area contributed by atoms with Crippen molar-refractivity contribution in [3.05, 3.63) is 89.5 Å². The second-order valence-corrected chi connectivity index (χ2v) is 7.19. The van der Waals surface area contributed by atoms with Gasteiger partial charge >= 0.3 is 0 Å². The Hall–Kier alpha value is -3.45. The minimum atomic E-state index is -0.933. The van der Waals surface area contributed by atoms with Crippen molar-refractivity contribution in [1.82, 2.24) is 4.90 Å². The van der Waals surface area contributed by atoms with Gasteiger partial charge in [-0.25, -0.2) is 8.78 Å². The molecular formula is C24H22F2N2O3. The minimum absolute atomic E-state index is 0.165. The molecule has 1 aliphatic heterocycles. The molecule has 0 aliphatic carbocycles. The molecule has 31 heavy (non-hydrogen) atoms. The molecule has 1 atom stereocenters. The number of amides is 1. The summed E-state index contributed by atoms with van der Waals surface area (Å²) in [5.41, 5.74) is 2.47. The first kappa shape index (κ1) is 20.8. The normalized spacial score (nSPS) is 16.1. The van der Waals surface area contributed by atoms with Gasteiger partial charge in [0.2, 0.25) is 0 Å². The van der Waals surface area contributed by atoms with Gasteiger partial charge in [0.1, 0.15) is 11.9 Å². The van der Waals surface area contributed by atoms with E-state index in [1.54, 1.807) is 24.1 Å². The maximum Gasteiger partial charge on any atom is 0.256 e. The van der Waals surface area contributed by atoms with Crippen molar-refractivity contribution < 1.29 is 23.0 Å². The van der Waals surface area contributed by atoms with Gasteiger partial charge in [-0.2, -0.15) is 0 Å². The number of nitrogens with zero attached hydrogens (tertiary/aromatic N) is 1. The molecule has 0 aromatic heterocycles. The van der Waals surface area contributed by atoms with Crippen LogP contribution in [0.5, 0.6) is 5.75 Å². The molecule has 0 radical (unpaired) electrons. The lowest BCUT2D eigenvalue weighted by atomic mass is 10.1. The van der Waals surface area contributed by atoms with Crippen LogP contribution in [-0.4, -0.2) is 37.6 Å². The van der Waals surface area contributed by atoms with Crippen molar-refractivity contribution in [2.75, 3.05) is 32.1 Å². The topological polar surface area (TPSA) is 50.8 Å². The number of morpholine rings is 1. The third kappa shape index (κ3) is 4.67. The summed E-state index contributed by atoms with van der Waals surface area (Å²) in [5.74, 6) is -1.30. The summed E-state index contributed by atoms with van der Waals surface area (Å²) in [5, 5.41) is 3.27. The number of para-hydroxylation sites is 1. The molecule has 1 aliphatic rings. The number of carbonyl (C=O) groups is 1. The van der Waals surface area contributed by atoms with Gasteiger partial charge in [0.15, 0.2) is 11.6 Å². The third-order valence-electron chi connectivity index (χ3n) is 5.18. The van der Waals surface area contributed by atoms with E-state index in [1.165, 1.54) is 6.07 Å². The summed E-state index contributed by atoms with van der Waals surface area (Å²) >= 11 is 0. The number of methoxy groups -OCH3 is 1. The van der Waals surface area contributed by atoms with Gasteiger partial charge < -0.3 is 19.7 Å². The fourth-order valence-electron chi connectivity index (χ4n) is 3.55. The Balaban J connectivity index is 1.54. The summed E-state index contributed by atoms with van der Waals surface area (Å²) in [7, 11) is 1.60. The molecule has 1 amide bonds. The highest BCUT2D eigenvalue weighted by Gasteiger charge is 2.28. The summed E-state index contributed by atoms with van der Waals surface area (Å²) < 4.78 is 37.9. The molecule has 4 rings (SSSR count). The van der Waals surface area contributed by atoms with Crippen molar-refractivity contribution in [2.24, 2.45) is 0 Å². The van der Waals surface area contributed by atoms with Crippen molar-refractivity contribution in [3.8, 4) is 5.75 Å². The molecule has 7 heteroatoms. The number of hydrogen-bond acceptors (Lipinski definition) is 4. The van der Waals surface area contributed by atoms with Gasteiger partial charge in [0, 0.05) is 18.3 Å². The Bertz CT molecular complexity index is 1090. The molecule has 3 aromatic carbocycles. The van der Waals surface area contributed by atoms with E-state index in [2.05, 4.69) is 5.32 Å². The average molecular weight is 424 g/mol. The van der Waals surface area contributed by atoms with E-state index in [0.717, 1.165) is 17.8 Å². The van der Waals surface area contributed by atoms with E-state index >= 15 is 0 Å². The van der Waals surface area contributed by atoms with E-state index < -0.39 is 17.7 Å². The first-order chi connectivity index (χ1) is 15.0. The number of benzene rings is 3. The van der Waals surface area contributed by atoms with Gasteiger partial charge in [0.05, 0.1) is 31.5 Å². The highest BCUT2D eigenvalue weighted by atomic mass is 19.2. The van der Waals surface area contributed by atoms with Crippen LogP contribution in [0.4, 0.5) is 20.2 Å². The molecule has 5 nitrogen and oxygen atoms in total. The molecule has 0 saturated carbocycles. The predicted octanol–water partition coefficient (Wildman–Crippen LogP) is 4.93. The second kappa shape index (κ2) is 9.14. The second-order valence-electron chi connectivity index (χ2n) is 7.19. The largest absolute Gasteiger partial charge is 0.497 e. The lowest BCUT2D eigenvalue weighted by Crippen LogP contribution is -2.42. The van der Waals surface area contributed by atoms with Gasteiger partial charge in [0.25, 0.3) is 5.91 Å². The van der Waals surface area contributed by atoms with Crippen LogP contribution in [0.25, 0.3) is 0 Å². The Kier molecular flexibility index (Phi) is 6.13. The average Bonchev–Trinajstić information content (AvgIpc) is 2.81. The highest BCUT2D eigenvalue weighted by molar-refractivity contribution is 6.00. The van der Waals surface area contributed by atoms with E-state index in [9.17, 15) is 13.6 Å². The molecule has 0 bridgehead atoms. The third-order valence-corrected chi connectivity index (χ3v) is 5.18. The van der Waals surface area contributed by atoms with Crippen LogP contribution < -0.4 is 10.1 Å². The molecule has 1 saturated heterocycles. The van der Waals surface area contributed by atoms with Crippen LogP contribution in [0.1, 0.15) is 22.0 Å². The van der Waals surface area contributed by atoms with Crippen molar-refractivity contribution in [1.29, 1.82) is 0 Å². The molecule has 0 unspecified atom stereocenters.